The zero-order chi connectivity index (χ0) is 22.9. The third-order valence-corrected chi connectivity index (χ3v) is 6.65. The molecule has 176 valence electrons. The van der Waals surface area contributed by atoms with Crippen LogP contribution in [0.25, 0.3) is 11.2 Å². The summed E-state index contributed by atoms with van der Waals surface area (Å²) in [6, 6.07) is 1.53. The van der Waals surface area contributed by atoms with E-state index in [4.69, 9.17) is 4.98 Å². The van der Waals surface area contributed by atoms with Gasteiger partial charge >= 0.3 is 0 Å². The first-order valence-corrected chi connectivity index (χ1v) is 11.6. The number of aliphatic hydroxyl groups is 1. The zero-order valence-electron chi connectivity index (χ0n) is 18.2. The van der Waals surface area contributed by atoms with Gasteiger partial charge in [-0.05, 0) is 38.5 Å². The molecule has 3 aromatic rings. The van der Waals surface area contributed by atoms with Gasteiger partial charge in [0, 0.05) is 24.2 Å². The lowest BCUT2D eigenvalue weighted by atomic mass is 9.93. The second kappa shape index (κ2) is 9.17. The lowest BCUT2D eigenvalue weighted by Crippen LogP contribution is -2.29. The Hall–Kier alpha value is -2.88. The van der Waals surface area contributed by atoms with E-state index in [0.717, 1.165) is 57.8 Å². The highest BCUT2D eigenvalue weighted by atomic mass is 19.1. The van der Waals surface area contributed by atoms with Crippen LogP contribution in [0.2, 0.25) is 0 Å². The Bertz CT molecular complexity index is 1120. The van der Waals surface area contributed by atoms with Gasteiger partial charge < -0.3 is 15.7 Å². The summed E-state index contributed by atoms with van der Waals surface area (Å²) in [6.07, 6.45) is 9.54. The van der Waals surface area contributed by atoms with Crippen molar-refractivity contribution in [1.29, 1.82) is 0 Å². The van der Waals surface area contributed by atoms with E-state index in [1.165, 1.54) is 0 Å². The van der Waals surface area contributed by atoms with Gasteiger partial charge in [-0.1, -0.05) is 19.3 Å². The van der Waals surface area contributed by atoms with Crippen molar-refractivity contribution in [3.63, 3.8) is 0 Å². The highest BCUT2D eigenvalue weighted by molar-refractivity contribution is 5.76. The highest BCUT2D eigenvalue weighted by Gasteiger charge is 2.25. The number of anilines is 3. The fraction of sp³-hybridized carbons (Fsp3) is 0.522. The van der Waals surface area contributed by atoms with Crippen molar-refractivity contribution in [3.05, 3.63) is 35.8 Å². The molecule has 2 aromatic heterocycles. The molecular weight excluding hydrogens is 433 g/mol. The van der Waals surface area contributed by atoms with Crippen LogP contribution in [-0.4, -0.2) is 36.8 Å². The minimum Gasteiger partial charge on any atom is -0.393 e. The molecule has 0 amide bonds. The standard InChI is InChI=1S/C23H27F3N6O/c24-13-10-17(25)20(18(26)11-13)30-23-29-19-12-27-22(28-14-6-8-16(33)9-7-14)31-21(19)32(23)15-4-2-1-3-5-15/h10-12,14-16,33H,1-9H2,(H,29,30)(H,27,28,31). The second-order valence-electron chi connectivity index (χ2n) is 9.02. The van der Waals surface area contributed by atoms with Crippen molar-refractivity contribution in [2.45, 2.75) is 76.0 Å². The molecule has 0 radical (unpaired) electrons. The summed E-state index contributed by atoms with van der Waals surface area (Å²) in [5.41, 5.74) is 0.645. The number of hydrogen-bond acceptors (Lipinski definition) is 6. The summed E-state index contributed by atoms with van der Waals surface area (Å²) in [5, 5.41) is 15.8. The van der Waals surface area contributed by atoms with Gasteiger partial charge in [-0.25, -0.2) is 23.1 Å². The summed E-state index contributed by atoms with van der Waals surface area (Å²) in [6.45, 7) is 0. The van der Waals surface area contributed by atoms with Gasteiger partial charge in [0.1, 0.15) is 17.0 Å². The average molecular weight is 461 g/mol. The van der Waals surface area contributed by atoms with Gasteiger partial charge in [0.25, 0.3) is 0 Å². The van der Waals surface area contributed by atoms with Crippen LogP contribution < -0.4 is 10.6 Å². The number of nitrogens with zero attached hydrogens (tertiary/aromatic N) is 4. The Morgan fingerprint density at radius 2 is 1.61 bits per heavy atom. The Morgan fingerprint density at radius 3 is 2.30 bits per heavy atom. The fourth-order valence-corrected chi connectivity index (χ4v) is 4.91. The fourth-order valence-electron chi connectivity index (χ4n) is 4.91. The smallest absolute Gasteiger partial charge is 0.224 e. The molecule has 2 aliphatic rings. The summed E-state index contributed by atoms with van der Waals surface area (Å²) < 4.78 is 44.0. The number of aromatic nitrogens is 4. The van der Waals surface area contributed by atoms with Crippen LogP contribution >= 0.6 is 0 Å². The van der Waals surface area contributed by atoms with E-state index < -0.39 is 23.1 Å². The van der Waals surface area contributed by atoms with Crippen molar-refractivity contribution in [3.8, 4) is 0 Å². The van der Waals surface area contributed by atoms with E-state index in [1.54, 1.807) is 6.20 Å². The van der Waals surface area contributed by atoms with E-state index in [2.05, 4.69) is 20.6 Å². The van der Waals surface area contributed by atoms with E-state index in [9.17, 15) is 18.3 Å². The molecule has 1 aromatic carbocycles. The highest BCUT2D eigenvalue weighted by Crippen LogP contribution is 2.35. The summed E-state index contributed by atoms with van der Waals surface area (Å²) >= 11 is 0. The lowest BCUT2D eigenvalue weighted by molar-refractivity contribution is 0.126. The third kappa shape index (κ3) is 4.62. The van der Waals surface area contributed by atoms with E-state index in [-0.39, 0.29) is 24.1 Å². The summed E-state index contributed by atoms with van der Waals surface area (Å²) in [4.78, 5) is 13.6. The van der Waals surface area contributed by atoms with Crippen LogP contribution in [0.3, 0.4) is 0 Å². The first kappa shape index (κ1) is 21.9. The molecule has 10 heteroatoms. The van der Waals surface area contributed by atoms with Gasteiger partial charge in [0.15, 0.2) is 17.3 Å². The maximum absolute atomic E-state index is 14.3. The van der Waals surface area contributed by atoms with E-state index in [1.807, 2.05) is 4.57 Å². The third-order valence-electron chi connectivity index (χ3n) is 6.65. The molecule has 0 aliphatic heterocycles. The minimum atomic E-state index is -1.03. The SMILES string of the molecule is OC1CCC(Nc2ncc3nc(Nc4c(F)cc(F)cc4F)n(C4CCCCC4)c3n2)CC1. The first-order valence-electron chi connectivity index (χ1n) is 11.6. The normalized spacial score (nSPS) is 21.9. The zero-order valence-corrected chi connectivity index (χ0v) is 18.2. The van der Waals surface area contributed by atoms with Gasteiger partial charge in [-0.2, -0.15) is 4.98 Å². The Labute approximate surface area is 189 Å². The summed E-state index contributed by atoms with van der Waals surface area (Å²) in [7, 11) is 0. The monoisotopic (exact) mass is 460 g/mol. The molecule has 33 heavy (non-hydrogen) atoms. The predicted molar refractivity (Wildman–Crippen MR) is 119 cm³/mol. The molecule has 5 rings (SSSR count). The number of halogens is 3. The molecule has 2 saturated carbocycles. The number of benzene rings is 1. The minimum absolute atomic E-state index is 0.0744. The Kier molecular flexibility index (Phi) is 6.09. The van der Waals surface area contributed by atoms with Crippen LogP contribution in [-0.2, 0) is 0 Å². The molecule has 0 spiro atoms. The molecule has 0 saturated heterocycles. The molecule has 0 unspecified atom stereocenters. The van der Waals surface area contributed by atoms with Gasteiger partial charge in [0.05, 0.1) is 12.3 Å². The lowest BCUT2D eigenvalue weighted by Gasteiger charge is -2.26. The van der Waals surface area contributed by atoms with Crippen molar-refractivity contribution >= 4 is 28.7 Å². The van der Waals surface area contributed by atoms with Crippen molar-refractivity contribution in [2.24, 2.45) is 0 Å². The molecule has 7 nitrogen and oxygen atoms in total. The number of rotatable bonds is 5. The second-order valence-corrected chi connectivity index (χ2v) is 9.02. The Morgan fingerprint density at radius 1 is 0.909 bits per heavy atom. The molecule has 0 atom stereocenters. The molecule has 3 N–H and O–H groups in total. The predicted octanol–water partition coefficient (Wildman–Crippen LogP) is 5.21. The van der Waals surface area contributed by atoms with Gasteiger partial charge in [-0.15, -0.1) is 0 Å². The number of hydrogen-bond donors (Lipinski definition) is 3. The van der Waals surface area contributed by atoms with Crippen molar-refractivity contribution < 1.29 is 18.3 Å². The summed E-state index contributed by atoms with van der Waals surface area (Å²) in [5.74, 6) is -2.31. The van der Waals surface area contributed by atoms with E-state index >= 15 is 0 Å². The van der Waals surface area contributed by atoms with Gasteiger partial charge in [-0.3, -0.25) is 4.57 Å². The van der Waals surface area contributed by atoms with Crippen LogP contribution in [0.1, 0.15) is 63.8 Å². The maximum Gasteiger partial charge on any atom is 0.224 e. The molecular formula is C23H27F3N6O. The quantitative estimate of drug-likeness (QED) is 0.485. The first-order chi connectivity index (χ1) is 16.0. The van der Waals surface area contributed by atoms with E-state index in [0.29, 0.717) is 29.2 Å². The molecule has 2 fully saturated rings. The van der Waals surface area contributed by atoms with Crippen LogP contribution in [0.4, 0.5) is 30.8 Å². The average Bonchev–Trinajstić information content (AvgIpc) is 3.15. The number of fused-ring (bicyclic) bond motifs is 1. The number of imidazole rings is 1. The Balaban J connectivity index is 1.51. The van der Waals surface area contributed by atoms with Crippen molar-refractivity contribution in [2.75, 3.05) is 10.6 Å². The number of nitrogens with one attached hydrogen (secondary N) is 2. The largest absolute Gasteiger partial charge is 0.393 e. The van der Waals surface area contributed by atoms with Crippen LogP contribution in [0, 0.1) is 17.5 Å². The number of aliphatic hydroxyl groups excluding tert-OH is 1. The molecule has 0 bridgehead atoms. The van der Waals surface area contributed by atoms with Crippen LogP contribution in [0.15, 0.2) is 18.3 Å². The van der Waals surface area contributed by atoms with Crippen LogP contribution in [0.5, 0.6) is 0 Å². The molecule has 2 aliphatic carbocycles. The van der Waals surface area contributed by atoms with Gasteiger partial charge in [0.2, 0.25) is 11.9 Å². The van der Waals surface area contributed by atoms with Crippen molar-refractivity contribution in [1.82, 2.24) is 19.5 Å². The topological polar surface area (TPSA) is 87.9 Å². The molecule has 2 heterocycles. The maximum atomic E-state index is 14.3.